The number of aromatic amines is 1. The molecule has 2 fully saturated rings. The molecule has 4 aromatic heterocycles. The number of hydrogen-bond acceptors (Lipinski definition) is 11. The van der Waals surface area contributed by atoms with E-state index in [0.717, 1.165) is 25.7 Å². The Bertz CT molecular complexity index is 3010. The van der Waals surface area contributed by atoms with Crippen LogP contribution in [0, 0.1) is 0 Å². The summed E-state index contributed by atoms with van der Waals surface area (Å²) in [4.78, 5) is 24.1. The van der Waals surface area contributed by atoms with Gasteiger partial charge in [0.1, 0.15) is 0 Å². The second kappa shape index (κ2) is 14.0. The minimum atomic E-state index is -3.50. The van der Waals surface area contributed by atoms with Crippen molar-refractivity contribution in [2.75, 3.05) is 9.44 Å². The first kappa shape index (κ1) is 39.8. The molecule has 18 heteroatoms. The number of benzene rings is 2. The van der Waals surface area contributed by atoms with Gasteiger partial charge in [-0.05, 0) is 74.2 Å². The molecule has 6 aromatic rings. The third-order valence-electron chi connectivity index (χ3n) is 11.7. The molecule has 3 N–H and O–H groups in total. The molecular weight excluding hydrogens is 805 g/mol. The smallest absolute Gasteiger partial charge is 0.235 e. The van der Waals surface area contributed by atoms with Crippen LogP contribution in [0.3, 0.4) is 0 Å². The predicted molar refractivity (Wildman–Crippen MR) is 227 cm³/mol. The molecule has 0 amide bonds. The largest absolute Gasteiger partial charge is 0.871 e. The van der Waals surface area contributed by atoms with E-state index in [-0.39, 0.29) is 16.8 Å². The Hall–Kier alpha value is -5.62. The summed E-state index contributed by atoms with van der Waals surface area (Å²) in [7, 11) is -7.00. The maximum absolute atomic E-state index is 14.5. The van der Waals surface area contributed by atoms with Crippen LogP contribution in [0.4, 0.5) is 11.4 Å². The van der Waals surface area contributed by atoms with Gasteiger partial charge in [-0.25, -0.2) is 26.8 Å². The van der Waals surface area contributed by atoms with Crippen LogP contribution in [-0.4, -0.2) is 72.7 Å². The fraction of sp³-hybridized carbons (Fsp3) is 0.429. The Kier molecular flexibility index (Phi) is 9.27. The summed E-state index contributed by atoms with van der Waals surface area (Å²) in [5.74, 6) is -0.325. The van der Waals surface area contributed by atoms with E-state index in [1.54, 1.807) is 48.5 Å². The Balaban J connectivity index is 1.08. The highest BCUT2D eigenvalue weighted by Gasteiger charge is 2.39. The third-order valence-corrected chi connectivity index (χ3v) is 15.4. The van der Waals surface area contributed by atoms with Gasteiger partial charge in [0.2, 0.25) is 20.0 Å². The summed E-state index contributed by atoms with van der Waals surface area (Å²) in [5.41, 5.74) is 2.92. The van der Waals surface area contributed by atoms with Gasteiger partial charge >= 0.3 is 0 Å². The normalized spacial score (nSPS) is 18.3. The highest BCUT2D eigenvalue weighted by atomic mass is 32.2. The Morgan fingerprint density at radius 2 is 1.15 bits per heavy atom. The van der Waals surface area contributed by atoms with Crippen molar-refractivity contribution < 1.29 is 26.7 Å². The molecule has 4 heterocycles. The van der Waals surface area contributed by atoms with Crippen LogP contribution in [0.15, 0.2) is 54.3 Å². The average Bonchev–Trinajstić information content (AvgIpc) is 4.02. The van der Waals surface area contributed by atoms with Crippen molar-refractivity contribution in [3.05, 3.63) is 76.5 Å². The van der Waals surface area contributed by atoms with E-state index in [1.165, 1.54) is 9.26 Å². The SMILES string of the molecule is CC(C)(C)c1[nH]n2nc(-c3ccc(NS(=O)(=O)C4CCCC4)cc3)nc2c1C1=C([O-])/C(=c2/c(C(C)(C)C)nn3nc(-c4ccc(NS(=O)(=O)C5CCCC5)cc4)nc23)C1=O. The van der Waals surface area contributed by atoms with Crippen LogP contribution in [0.5, 0.6) is 0 Å². The van der Waals surface area contributed by atoms with Gasteiger partial charge < -0.3 is 5.11 Å². The number of nitrogens with zero attached hydrogens (tertiary/aromatic N) is 7. The molecule has 0 saturated heterocycles. The predicted octanol–water partition coefficient (Wildman–Crippen LogP) is 5.02. The lowest BCUT2D eigenvalue weighted by Crippen LogP contribution is -2.36. The highest BCUT2D eigenvalue weighted by Crippen LogP contribution is 2.42. The molecular formula is C42H47N10O6S2-. The Morgan fingerprint density at radius 3 is 1.62 bits per heavy atom. The summed E-state index contributed by atoms with van der Waals surface area (Å²) in [5, 5.41) is 31.3. The third kappa shape index (κ3) is 6.82. The molecule has 2 saturated carbocycles. The van der Waals surface area contributed by atoms with Crippen LogP contribution in [0.1, 0.15) is 110 Å². The molecule has 0 atom stereocenters. The van der Waals surface area contributed by atoms with Crippen LogP contribution in [0.2, 0.25) is 0 Å². The van der Waals surface area contributed by atoms with Crippen molar-refractivity contribution in [1.29, 1.82) is 0 Å². The molecule has 3 aliphatic carbocycles. The molecule has 0 radical (unpaired) electrons. The monoisotopic (exact) mass is 851 g/mol. The van der Waals surface area contributed by atoms with Gasteiger partial charge in [0.15, 0.2) is 28.7 Å². The standard InChI is InChI=1S/C42H48N10O6S2/c1-41(2,3)35-31(39-43-37(47-51(39)45-35)23-15-19-25(20-16-23)49-59(55,56)27-11-7-8-12-27)29-33(53)30(34(29)54)32-36(42(4,5)6)46-52-40(32)44-38(48-52)24-17-21-26(22-18-24)50-60(57,58)28-13-9-10-14-28/h15-22,27-28,45,49-50,53H,7-14H2,1-6H3/p-1/b32-30+. The molecule has 0 unspecified atom stereocenters. The maximum Gasteiger partial charge on any atom is 0.235 e. The number of Topliss-reactive ketones (excluding diaryl/α,β-unsaturated/α-hetero) is 1. The number of sulfonamides is 2. The average molecular weight is 852 g/mol. The lowest BCUT2D eigenvalue weighted by Gasteiger charge is -2.32. The van der Waals surface area contributed by atoms with Gasteiger partial charge in [0, 0.05) is 44.5 Å². The van der Waals surface area contributed by atoms with Crippen LogP contribution in [-0.2, 0) is 35.7 Å². The van der Waals surface area contributed by atoms with Gasteiger partial charge in [-0.1, -0.05) is 73.0 Å². The van der Waals surface area contributed by atoms with E-state index in [9.17, 15) is 26.7 Å². The second-order valence-corrected chi connectivity index (χ2v) is 22.1. The van der Waals surface area contributed by atoms with Gasteiger partial charge in [-0.3, -0.25) is 19.3 Å². The minimum absolute atomic E-state index is 0.0219. The van der Waals surface area contributed by atoms with Crippen molar-refractivity contribution >= 4 is 59.6 Å². The van der Waals surface area contributed by atoms with Crippen molar-refractivity contribution in [2.24, 2.45) is 0 Å². The number of ketones is 1. The zero-order valence-corrected chi connectivity index (χ0v) is 36.0. The zero-order chi connectivity index (χ0) is 42.5. The maximum atomic E-state index is 14.5. The number of fused-ring (bicyclic) bond motifs is 2. The fourth-order valence-corrected chi connectivity index (χ4v) is 11.7. The summed E-state index contributed by atoms with van der Waals surface area (Å²) < 4.78 is 59.7. The molecule has 0 spiro atoms. The number of rotatable bonds is 9. The van der Waals surface area contributed by atoms with Crippen molar-refractivity contribution in [3.8, 4) is 22.8 Å². The molecule has 60 heavy (non-hydrogen) atoms. The van der Waals surface area contributed by atoms with Gasteiger partial charge in [0.25, 0.3) is 0 Å². The topological polar surface area (TPSA) is 222 Å². The first-order valence-corrected chi connectivity index (χ1v) is 23.4. The fourth-order valence-electron chi connectivity index (χ4n) is 8.50. The molecule has 0 bridgehead atoms. The molecule has 314 valence electrons. The number of anilines is 2. The minimum Gasteiger partial charge on any atom is -0.871 e. The number of H-pyrrole nitrogens is 1. The van der Waals surface area contributed by atoms with E-state index >= 15 is 0 Å². The molecule has 3 aliphatic rings. The molecule has 9 rings (SSSR count). The van der Waals surface area contributed by atoms with E-state index in [0.29, 0.717) is 87.7 Å². The van der Waals surface area contributed by atoms with Gasteiger partial charge in [-0.2, -0.15) is 9.73 Å². The number of aromatic nitrogens is 8. The summed E-state index contributed by atoms with van der Waals surface area (Å²) in [6, 6.07) is 13.6. The highest BCUT2D eigenvalue weighted by molar-refractivity contribution is 7.93. The van der Waals surface area contributed by atoms with Gasteiger partial charge in [0.05, 0.1) is 32.7 Å². The Morgan fingerprint density at radius 1 is 0.667 bits per heavy atom. The second-order valence-electron chi connectivity index (χ2n) is 18.2. The van der Waals surface area contributed by atoms with Crippen LogP contribution >= 0.6 is 0 Å². The van der Waals surface area contributed by atoms with E-state index in [4.69, 9.17) is 15.1 Å². The first-order chi connectivity index (χ1) is 28.3. The van der Waals surface area contributed by atoms with Crippen LogP contribution in [0.25, 0.3) is 45.2 Å². The van der Waals surface area contributed by atoms with Crippen LogP contribution < -0.4 is 19.8 Å². The van der Waals surface area contributed by atoms with Crippen molar-refractivity contribution in [3.63, 3.8) is 0 Å². The molecule has 2 aromatic carbocycles. The summed E-state index contributed by atoms with van der Waals surface area (Å²) >= 11 is 0. The van der Waals surface area contributed by atoms with Crippen molar-refractivity contribution in [2.45, 2.75) is 114 Å². The number of nitrogens with one attached hydrogen (secondary N) is 3. The van der Waals surface area contributed by atoms with Crippen molar-refractivity contribution in [1.82, 2.24) is 39.6 Å². The number of allylic oxidation sites excluding steroid dienone is 2. The first-order valence-electron chi connectivity index (χ1n) is 20.3. The lowest BCUT2D eigenvalue weighted by molar-refractivity contribution is -0.292. The van der Waals surface area contributed by atoms with E-state index in [1.807, 2.05) is 41.5 Å². The van der Waals surface area contributed by atoms with Gasteiger partial charge in [-0.15, -0.1) is 14.8 Å². The summed E-state index contributed by atoms with van der Waals surface area (Å²) in [6.07, 6.45) is 6.22. The number of carbonyl (C=O) groups is 1. The van der Waals surface area contributed by atoms with E-state index < -0.39 is 52.9 Å². The molecule has 0 aliphatic heterocycles. The number of carbonyl (C=O) groups excluding carboxylic acids is 1. The quantitative estimate of drug-likeness (QED) is 0.175. The lowest BCUT2D eigenvalue weighted by atomic mass is 9.77. The Labute approximate surface area is 347 Å². The zero-order valence-electron chi connectivity index (χ0n) is 34.3. The summed E-state index contributed by atoms with van der Waals surface area (Å²) in [6.45, 7) is 11.7. The van der Waals surface area contributed by atoms with E-state index in [2.05, 4.69) is 24.7 Å². The number of hydrogen-bond donors (Lipinski definition) is 3. The molecule has 16 nitrogen and oxygen atoms in total.